The van der Waals surface area contributed by atoms with Crippen LogP contribution in [0, 0.1) is 5.92 Å². The van der Waals surface area contributed by atoms with Gasteiger partial charge in [-0.25, -0.2) is 0 Å². The van der Waals surface area contributed by atoms with Crippen LogP contribution in [0.2, 0.25) is 5.15 Å². The molecule has 1 N–H and O–H groups in total. The Morgan fingerprint density at radius 1 is 1.23 bits per heavy atom. The van der Waals surface area contributed by atoms with Gasteiger partial charge in [0.05, 0.1) is 3.79 Å². The van der Waals surface area contributed by atoms with Gasteiger partial charge in [0, 0.05) is 18.0 Å². The van der Waals surface area contributed by atoms with Crippen molar-refractivity contribution >= 4 is 44.7 Å². The normalized spacial score (nSPS) is 16.8. The number of anilines is 1. The first-order valence-corrected chi connectivity index (χ1v) is 9.37. The van der Waals surface area contributed by atoms with Crippen molar-refractivity contribution in [1.29, 1.82) is 0 Å². The number of nitrogens with one attached hydrogen (secondary N) is 1. The van der Waals surface area contributed by atoms with E-state index >= 15 is 0 Å². The van der Waals surface area contributed by atoms with Gasteiger partial charge in [0.1, 0.15) is 5.82 Å². The third kappa shape index (κ3) is 4.65. The van der Waals surface area contributed by atoms with Gasteiger partial charge in [-0.05, 0) is 72.0 Å². The summed E-state index contributed by atoms with van der Waals surface area (Å²) in [5.74, 6) is 1.50. The number of likely N-dealkylation sites (tertiary alicyclic amines) is 1. The number of rotatable bonds is 5. The van der Waals surface area contributed by atoms with Crippen LogP contribution >= 0.6 is 38.9 Å². The van der Waals surface area contributed by atoms with E-state index in [4.69, 9.17) is 11.6 Å². The third-order valence-electron chi connectivity index (χ3n) is 3.92. The third-order valence-corrected chi connectivity index (χ3v) is 5.73. The molecule has 3 heterocycles. The highest BCUT2D eigenvalue weighted by Gasteiger charge is 2.19. The Balaban J connectivity index is 1.41. The highest BCUT2D eigenvalue weighted by molar-refractivity contribution is 9.11. The van der Waals surface area contributed by atoms with Crippen molar-refractivity contribution in [2.24, 2.45) is 5.92 Å². The fourth-order valence-electron chi connectivity index (χ4n) is 2.66. The summed E-state index contributed by atoms with van der Waals surface area (Å²) in [7, 11) is 0. The molecule has 2 aromatic rings. The molecule has 1 aliphatic rings. The number of thiophene rings is 1. The standard InChI is InChI=1S/C15H18BrClN4S/c16-13-2-1-12(22-13)10-21-7-5-11(6-8-21)9-18-15-4-3-14(17)19-20-15/h1-4,11H,5-10H2,(H,18,20). The second-order valence-corrected chi connectivity index (χ2v) is 8.48. The largest absolute Gasteiger partial charge is 0.368 e. The molecular formula is C15H18BrClN4S. The zero-order valence-electron chi connectivity index (χ0n) is 12.1. The molecule has 4 nitrogen and oxygen atoms in total. The summed E-state index contributed by atoms with van der Waals surface area (Å²) >= 11 is 11.1. The molecule has 0 bridgehead atoms. The lowest BCUT2D eigenvalue weighted by Crippen LogP contribution is -2.35. The maximum atomic E-state index is 5.74. The SMILES string of the molecule is Clc1ccc(NCC2CCN(Cc3ccc(Br)s3)CC2)nn1. The van der Waals surface area contributed by atoms with Crippen molar-refractivity contribution in [3.8, 4) is 0 Å². The highest BCUT2D eigenvalue weighted by Crippen LogP contribution is 2.25. The minimum absolute atomic E-state index is 0.430. The summed E-state index contributed by atoms with van der Waals surface area (Å²) in [6, 6.07) is 7.98. The smallest absolute Gasteiger partial charge is 0.151 e. The number of aromatic nitrogens is 2. The number of piperidine rings is 1. The Bertz CT molecular complexity index is 596. The van der Waals surface area contributed by atoms with Crippen molar-refractivity contribution < 1.29 is 0 Å². The maximum absolute atomic E-state index is 5.74. The molecule has 0 amide bonds. The molecule has 118 valence electrons. The number of hydrogen-bond acceptors (Lipinski definition) is 5. The Kier molecular flexibility index (Phi) is 5.68. The van der Waals surface area contributed by atoms with Gasteiger partial charge in [0.15, 0.2) is 5.15 Å². The average molecular weight is 402 g/mol. The highest BCUT2D eigenvalue weighted by atomic mass is 79.9. The molecule has 1 saturated heterocycles. The maximum Gasteiger partial charge on any atom is 0.151 e. The van der Waals surface area contributed by atoms with E-state index in [0.29, 0.717) is 11.1 Å². The van der Waals surface area contributed by atoms with Gasteiger partial charge in [-0.15, -0.1) is 21.5 Å². The van der Waals surface area contributed by atoms with E-state index < -0.39 is 0 Å². The molecule has 0 spiro atoms. The molecule has 2 aromatic heterocycles. The second-order valence-electron chi connectivity index (χ2n) is 5.55. The number of halogens is 2. The van der Waals surface area contributed by atoms with Gasteiger partial charge in [0.2, 0.25) is 0 Å². The predicted octanol–water partition coefficient (Wildman–Crippen LogP) is 4.28. The topological polar surface area (TPSA) is 41.0 Å². The summed E-state index contributed by atoms with van der Waals surface area (Å²) in [5.41, 5.74) is 0. The lowest BCUT2D eigenvalue weighted by Gasteiger charge is -2.31. The van der Waals surface area contributed by atoms with E-state index in [2.05, 4.69) is 48.5 Å². The van der Waals surface area contributed by atoms with Crippen LogP contribution in [0.25, 0.3) is 0 Å². The molecular weight excluding hydrogens is 384 g/mol. The second kappa shape index (κ2) is 7.73. The van der Waals surface area contributed by atoms with E-state index in [1.165, 1.54) is 21.5 Å². The van der Waals surface area contributed by atoms with Gasteiger partial charge in [-0.3, -0.25) is 4.90 Å². The fourth-order valence-corrected chi connectivity index (χ4v) is 4.29. The van der Waals surface area contributed by atoms with Gasteiger partial charge < -0.3 is 5.32 Å². The summed E-state index contributed by atoms with van der Waals surface area (Å²) in [6.45, 7) is 4.34. The molecule has 0 atom stereocenters. The van der Waals surface area contributed by atoms with Crippen LogP contribution in [0.1, 0.15) is 17.7 Å². The average Bonchev–Trinajstić information content (AvgIpc) is 2.93. The molecule has 22 heavy (non-hydrogen) atoms. The molecule has 0 aromatic carbocycles. The van der Waals surface area contributed by atoms with Crippen LogP contribution in [0.3, 0.4) is 0 Å². The molecule has 7 heteroatoms. The molecule has 0 aliphatic carbocycles. The van der Waals surface area contributed by atoms with E-state index in [1.807, 2.05) is 17.4 Å². The lowest BCUT2D eigenvalue weighted by atomic mass is 9.97. The van der Waals surface area contributed by atoms with Gasteiger partial charge in [-0.1, -0.05) is 11.6 Å². The van der Waals surface area contributed by atoms with Gasteiger partial charge in [-0.2, -0.15) is 0 Å². The summed E-state index contributed by atoms with van der Waals surface area (Å²) in [6.07, 6.45) is 2.45. The summed E-state index contributed by atoms with van der Waals surface area (Å²) in [5, 5.41) is 11.7. The van der Waals surface area contributed by atoms with Crippen molar-refractivity contribution in [3.05, 3.63) is 38.1 Å². The molecule has 3 rings (SSSR count). The lowest BCUT2D eigenvalue weighted by molar-refractivity contribution is 0.183. The van der Waals surface area contributed by atoms with Crippen LogP contribution < -0.4 is 5.32 Å². The van der Waals surface area contributed by atoms with Gasteiger partial charge in [0.25, 0.3) is 0 Å². The van der Waals surface area contributed by atoms with Crippen LogP contribution in [0.5, 0.6) is 0 Å². The predicted molar refractivity (Wildman–Crippen MR) is 95.6 cm³/mol. The van der Waals surface area contributed by atoms with Crippen molar-refractivity contribution in [2.45, 2.75) is 19.4 Å². The first-order valence-electron chi connectivity index (χ1n) is 7.39. The zero-order valence-corrected chi connectivity index (χ0v) is 15.3. The summed E-state index contributed by atoms with van der Waals surface area (Å²) in [4.78, 5) is 3.97. The van der Waals surface area contributed by atoms with E-state index in [1.54, 1.807) is 6.07 Å². The quantitative estimate of drug-likeness (QED) is 0.812. The Morgan fingerprint density at radius 2 is 2.05 bits per heavy atom. The van der Waals surface area contributed by atoms with Crippen LogP contribution in [-0.2, 0) is 6.54 Å². The van der Waals surface area contributed by atoms with E-state index in [9.17, 15) is 0 Å². The first-order chi connectivity index (χ1) is 10.7. The molecule has 1 aliphatic heterocycles. The zero-order chi connectivity index (χ0) is 15.4. The van der Waals surface area contributed by atoms with Crippen LogP contribution in [-0.4, -0.2) is 34.7 Å². The number of hydrogen-bond donors (Lipinski definition) is 1. The number of nitrogens with zero attached hydrogens (tertiary/aromatic N) is 3. The van der Waals surface area contributed by atoms with Crippen LogP contribution in [0.4, 0.5) is 5.82 Å². The van der Waals surface area contributed by atoms with Gasteiger partial charge >= 0.3 is 0 Å². The Morgan fingerprint density at radius 3 is 2.68 bits per heavy atom. The molecule has 0 unspecified atom stereocenters. The van der Waals surface area contributed by atoms with Crippen molar-refractivity contribution in [2.75, 3.05) is 25.0 Å². The minimum atomic E-state index is 0.430. The Hall–Kier alpha value is -0.690. The summed E-state index contributed by atoms with van der Waals surface area (Å²) < 4.78 is 1.21. The van der Waals surface area contributed by atoms with E-state index in [0.717, 1.165) is 32.0 Å². The molecule has 1 fully saturated rings. The molecule has 0 radical (unpaired) electrons. The van der Waals surface area contributed by atoms with Crippen LogP contribution in [0.15, 0.2) is 28.1 Å². The van der Waals surface area contributed by atoms with Crippen molar-refractivity contribution in [3.63, 3.8) is 0 Å². The van der Waals surface area contributed by atoms with Crippen molar-refractivity contribution in [1.82, 2.24) is 15.1 Å². The van der Waals surface area contributed by atoms with E-state index in [-0.39, 0.29) is 0 Å². The Labute approximate surface area is 148 Å². The minimum Gasteiger partial charge on any atom is -0.368 e. The first kappa shape index (κ1) is 16.2. The monoisotopic (exact) mass is 400 g/mol. The molecule has 0 saturated carbocycles. The fraction of sp³-hybridized carbons (Fsp3) is 0.467.